The summed E-state index contributed by atoms with van der Waals surface area (Å²) in [6, 6.07) is 22.8. The minimum absolute atomic E-state index is 0.0431. The van der Waals surface area contributed by atoms with Gasteiger partial charge in [-0.2, -0.15) is 0 Å². The van der Waals surface area contributed by atoms with E-state index in [4.69, 9.17) is 23.2 Å². The molecule has 0 aliphatic heterocycles. The third kappa shape index (κ3) is 4.18. The molecule has 162 valence electrons. The number of halogens is 2. The monoisotopic (exact) mass is 508 g/mol. The number of phenols is 1. The van der Waals surface area contributed by atoms with E-state index >= 15 is 0 Å². The van der Waals surface area contributed by atoms with E-state index < -0.39 is 0 Å². The number of fused-ring (bicyclic) bond motifs is 2. The first-order valence-electron chi connectivity index (χ1n) is 9.87. The van der Waals surface area contributed by atoms with Crippen molar-refractivity contribution >= 4 is 58.3 Å². The van der Waals surface area contributed by atoms with Gasteiger partial charge in [-0.15, -0.1) is 0 Å². The first-order chi connectivity index (χ1) is 15.9. The molecule has 0 atom stereocenters. The Morgan fingerprint density at radius 3 is 1.58 bits per heavy atom. The van der Waals surface area contributed by atoms with Crippen LogP contribution < -0.4 is 0 Å². The van der Waals surface area contributed by atoms with E-state index in [0.717, 1.165) is 9.79 Å². The van der Waals surface area contributed by atoms with Crippen LogP contribution in [-0.2, 0) is 0 Å². The fraction of sp³-hybridized carbons (Fsp3) is 0. The minimum Gasteiger partial charge on any atom is -0.507 e. The Labute approximate surface area is 208 Å². The predicted molar refractivity (Wildman–Crippen MR) is 133 cm³/mol. The predicted octanol–water partition coefficient (Wildman–Crippen LogP) is 7.78. The van der Waals surface area contributed by atoms with Crippen LogP contribution in [0, 0.1) is 0 Å². The van der Waals surface area contributed by atoms with E-state index in [1.807, 2.05) is 36.4 Å². The summed E-state index contributed by atoms with van der Waals surface area (Å²) in [5.74, 6) is -0.854. The highest BCUT2D eigenvalue weighted by atomic mass is 35.5. The van der Waals surface area contributed by atoms with Crippen LogP contribution in [0.4, 0.5) is 0 Å². The number of hydrogen-bond acceptors (Lipinski definition) is 5. The second-order valence-corrected chi connectivity index (χ2v) is 10.4. The zero-order valence-corrected chi connectivity index (χ0v) is 20.0. The van der Waals surface area contributed by atoms with E-state index in [-0.39, 0.29) is 28.4 Å². The van der Waals surface area contributed by atoms with Crippen molar-refractivity contribution in [2.75, 3.05) is 0 Å². The summed E-state index contributed by atoms with van der Waals surface area (Å²) in [4.78, 5) is 30.3. The molecule has 0 aromatic heterocycles. The molecule has 1 aliphatic carbocycles. The highest BCUT2D eigenvalue weighted by Gasteiger charge is 2.36. The summed E-state index contributed by atoms with van der Waals surface area (Å²) in [6.07, 6.45) is 0. The fourth-order valence-corrected chi connectivity index (χ4v) is 5.84. The molecule has 0 saturated heterocycles. The molecule has 0 bridgehead atoms. The van der Waals surface area contributed by atoms with Crippen molar-refractivity contribution in [1.82, 2.24) is 0 Å². The lowest BCUT2D eigenvalue weighted by atomic mass is 9.83. The van der Waals surface area contributed by atoms with Crippen LogP contribution in [0.5, 0.6) is 5.75 Å². The average Bonchev–Trinajstić information content (AvgIpc) is 2.81. The standard InChI is InChI=1S/C26H14Cl2O3S2/c27-14-4-8-16(9-5-14)32-20-12-13-21(33-17-10-6-15(28)7-11-17)24-23(20)25(30)18-2-1-3-19(29)22(18)26(24)31/h1-13,29H. The molecule has 0 heterocycles. The number of aromatic hydroxyl groups is 1. The number of phenolic OH excluding ortho intramolecular Hbond substituents is 1. The fourth-order valence-electron chi connectivity index (χ4n) is 3.67. The highest BCUT2D eigenvalue weighted by Crippen LogP contribution is 2.44. The lowest BCUT2D eigenvalue weighted by molar-refractivity contribution is 0.0972. The smallest absolute Gasteiger partial charge is 0.199 e. The molecule has 5 rings (SSSR count). The topological polar surface area (TPSA) is 54.4 Å². The molecule has 1 aliphatic rings. The van der Waals surface area contributed by atoms with Crippen molar-refractivity contribution < 1.29 is 14.7 Å². The van der Waals surface area contributed by atoms with Gasteiger partial charge in [0.25, 0.3) is 0 Å². The quantitative estimate of drug-likeness (QED) is 0.268. The minimum atomic E-state index is -0.368. The van der Waals surface area contributed by atoms with Crippen molar-refractivity contribution in [1.29, 1.82) is 0 Å². The summed E-state index contributed by atoms with van der Waals surface area (Å²) < 4.78 is 0. The Morgan fingerprint density at radius 2 is 1.06 bits per heavy atom. The van der Waals surface area contributed by atoms with Gasteiger partial charge in [0.15, 0.2) is 11.6 Å². The first-order valence-corrected chi connectivity index (χ1v) is 12.3. The third-order valence-electron chi connectivity index (χ3n) is 5.18. The summed E-state index contributed by atoms with van der Waals surface area (Å²) in [7, 11) is 0. The van der Waals surface area contributed by atoms with E-state index in [9.17, 15) is 14.7 Å². The lowest BCUT2D eigenvalue weighted by Gasteiger charge is -2.23. The SMILES string of the molecule is O=C1c2cccc(O)c2C(=O)c2c(Sc3ccc(Cl)cc3)ccc(Sc3ccc(Cl)cc3)c21. The maximum atomic E-state index is 13.6. The molecule has 33 heavy (non-hydrogen) atoms. The molecule has 4 aromatic rings. The normalized spacial score (nSPS) is 12.4. The molecule has 0 saturated carbocycles. The summed E-state index contributed by atoms with van der Waals surface area (Å²) in [6.45, 7) is 0. The molecule has 0 amide bonds. The molecular formula is C26H14Cl2O3S2. The Morgan fingerprint density at radius 1 is 0.576 bits per heavy atom. The number of rotatable bonds is 4. The Balaban J connectivity index is 1.68. The molecule has 0 spiro atoms. The van der Waals surface area contributed by atoms with Gasteiger partial charge in [-0.05, 0) is 66.7 Å². The molecule has 3 nitrogen and oxygen atoms in total. The van der Waals surface area contributed by atoms with E-state index in [1.54, 1.807) is 36.4 Å². The van der Waals surface area contributed by atoms with Crippen molar-refractivity contribution in [2.45, 2.75) is 19.6 Å². The molecule has 1 N–H and O–H groups in total. The van der Waals surface area contributed by atoms with E-state index in [0.29, 0.717) is 31.0 Å². The third-order valence-corrected chi connectivity index (χ3v) is 7.82. The summed E-state index contributed by atoms with van der Waals surface area (Å²) in [5.41, 5.74) is 0.894. The van der Waals surface area contributed by atoms with E-state index in [1.165, 1.54) is 29.6 Å². The maximum absolute atomic E-state index is 13.6. The second-order valence-electron chi connectivity index (χ2n) is 7.28. The van der Waals surface area contributed by atoms with Crippen molar-refractivity contribution in [3.05, 3.63) is 111 Å². The number of ketones is 2. The zero-order valence-electron chi connectivity index (χ0n) is 16.8. The van der Waals surface area contributed by atoms with Gasteiger partial charge in [0.1, 0.15) is 5.75 Å². The average molecular weight is 509 g/mol. The van der Waals surface area contributed by atoms with Gasteiger partial charge in [0.2, 0.25) is 0 Å². The zero-order chi connectivity index (χ0) is 23.1. The van der Waals surface area contributed by atoms with Crippen LogP contribution in [0.3, 0.4) is 0 Å². The Hall–Kier alpha value is -2.70. The molecule has 0 fully saturated rings. The number of benzene rings is 4. The van der Waals surface area contributed by atoms with Crippen molar-refractivity contribution in [3.63, 3.8) is 0 Å². The first kappa shape index (κ1) is 22.1. The Bertz CT molecular complexity index is 1420. The van der Waals surface area contributed by atoms with Crippen LogP contribution in [0.2, 0.25) is 10.0 Å². The van der Waals surface area contributed by atoms with Gasteiger partial charge in [-0.3, -0.25) is 9.59 Å². The van der Waals surface area contributed by atoms with Gasteiger partial charge in [-0.1, -0.05) is 58.9 Å². The number of carbonyl (C=O) groups is 2. The van der Waals surface area contributed by atoms with Crippen LogP contribution in [0.15, 0.2) is 98.4 Å². The number of hydrogen-bond donors (Lipinski definition) is 1. The molecule has 7 heteroatoms. The van der Waals surface area contributed by atoms with Crippen LogP contribution in [0.1, 0.15) is 31.8 Å². The Kier molecular flexibility index (Phi) is 5.97. The highest BCUT2D eigenvalue weighted by molar-refractivity contribution is 8.00. The largest absolute Gasteiger partial charge is 0.507 e. The molecular weight excluding hydrogens is 495 g/mol. The van der Waals surface area contributed by atoms with Crippen LogP contribution >= 0.6 is 46.7 Å². The van der Waals surface area contributed by atoms with Crippen molar-refractivity contribution in [3.8, 4) is 5.75 Å². The van der Waals surface area contributed by atoms with Gasteiger partial charge in [0.05, 0.1) is 5.56 Å². The van der Waals surface area contributed by atoms with Gasteiger partial charge in [0, 0.05) is 46.3 Å². The summed E-state index contributed by atoms with van der Waals surface area (Å²) >= 11 is 14.8. The van der Waals surface area contributed by atoms with Gasteiger partial charge in [-0.25, -0.2) is 0 Å². The second kappa shape index (κ2) is 8.92. The van der Waals surface area contributed by atoms with Crippen molar-refractivity contribution in [2.24, 2.45) is 0 Å². The van der Waals surface area contributed by atoms with Gasteiger partial charge >= 0.3 is 0 Å². The molecule has 4 aromatic carbocycles. The van der Waals surface area contributed by atoms with Gasteiger partial charge < -0.3 is 5.11 Å². The number of carbonyl (C=O) groups excluding carboxylic acids is 2. The molecule has 0 unspecified atom stereocenters. The lowest BCUT2D eigenvalue weighted by Crippen LogP contribution is -2.22. The van der Waals surface area contributed by atoms with Crippen LogP contribution in [-0.4, -0.2) is 16.7 Å². The van der Waals surface area contributed by atoms with Crippen LogP contribution in [0.25, 0.3) is 0 Å². The van der Waals surface area contributed by atoms with E-state index in [2.05, 4.69) is 0 Å². The maximum Gasteiger partial charge on any atom is 0.199 e. The summed E-state index contributed by atoms with van der Waals surface area (Å²) in [5, 5.41) is 11.6. The molecule has 0 radical (unpaired) electrons.